The first-order valence-electron chi connectivity index (χ1n) is 12.1. The summed E-state index contributed by atoms with van der Waals surface area (Å²) in [7, 11) is 1.82. The molecule has 6 nitrogen and oxygen atoms in total. The Morgan fingerprint density at radius 3 is 2.12 bits per heavy atom. The van der Waals surface area contributed by atoms with E-state index in [0.29, 0.717) is 23.2 Å². The fraction of sp³-hybridized carbons (Fsp3) is 0.429. The van der Waals surface area contributed by atoms with Gasteiger partial charge in [-0.3, -0.25) is 19.6 Å². The quantitative estimate of drug-likeness (QED) is 0.470. The van der Waals surface area contributed by atoms with Crippen molar-refractivity contribution < 1.29 is 4.79 Å². The highest BCUT2D eigenvalue weighted by molar-refractivity contribution is 5.95. The topological polar surface area (TPSA) is 68.1 Å². The zero-order chi connectivity index (χ0) is 25.0. The number of hydrogen-bond donors (Lipinski definition) is 2. The van der Waals surface area contributed by atoms with Crippen LogP contribution in [0.2, 0.25) is 0 Å². The highest BCUT2D eigenvalue weighted by atomic mass is 16.2. The predicted octanol–water partition coefficient (Wildman–Crippen LogP) is 5.00. The fourth-order valence-electron chi connectivity index (χ4n) is 4.29. The molecule has 0 saturated carbocycles. The molecule has 0 radical (unpaired) electrons. The monoisotopic (exact) mass is 462 g/mol. The van der Waals surface area contributed by atoms with Crippen LogP contribution in [0.5, 0.6) is 0 Å². The number of hydrogen-bond acceptors (Lipinski definition) is 3. The summed E-state index contributed by atoms with van der Waals surface area (Å²) in [6.45, 7) is 12.4. The van der Waals surface area contributed by atoms with E-state index in [1.54, 1.807) is 9.36 Å². The molecule has 0 fully saturated rings. The van der Waals surface area contributed by atoms with Crippen molar-refractivity contribution in [2.45, 2.75) is 60.0 Å². The molecule has 34 heavy (non-hydrogen) atoms. The zero-order valence-electron chi connectivity index (χ0n) is 21.4. The van der Waals surface area contributed by atoms with Crippen LogP contribution in [0.4, 0.5) is 5.69 Å². The Balaban J connectivity index is 1.77. The van der Waals surface area contributed by atoms with Crippen LogP contribution in [0.25, 0.3) is 5.69 Å². The maximum atomic E-state index is 13.1. The summed E-state index contributed by atoms with van der Waals surface area (Å²) in [5.41, 5.74) is 4.00. The van der Waals surface area contributed by atoms with Gasteiger partial charge in [0.1, 0.15) is 5.69 Å². The predicted molar refractivity (Wildman–Crippen MR) is 140 cm³/mol. The van der Waals surface area contributed by atoms with Crippen LogP contribution < -0.4 is 16.2 Å². The number of carbonyl (C=O) groups is 1. The average Bonchev–Trinajstić information content (AvgIpc) is 3.01. The van der Waals surface area contributed by atoms with Crippen molar-refractivity contribution in [3.63, 3.8) is 0 Å². The van der Waals surface area contributed by atoms with Gasteiger partial charge in [-0.25, -0.2) is 4.68 Å². The van der Waals surface area contributed by atoms with Gasteiger partial charge in [-0.2, -0.15) is 0 Å². The van der Waals surface area contributed by atoms with E-state index >= 15 is 0 Å². The van der Waals surface area contributed by atoms with Crippen LogP contribution in [0.3, 0.4) is 0 Å². The summed E-state index contributed by atoms with van der Waals surface area (Å²) < 4.78 is 3.33. The molecular weight excluding hydrogens is 424 g/mol. The molecule has 6 heteroatoms. The van der Waals surface area contributed by atoms with Crippen LogP contribution in [0.15, 0.2) is 59.4 Å². The second kappa shape index (κ2) is 10.9. The molecule has 0 spiro atoms. The van der Waals surface area contributed by atoms with Crippen molar-refractivity contribution in [1.29, 1.82) is 0 Å². The van der Waals surface area contributed by atoms with Gasteiger partial charge in [0.05, 0.1) is 17.4 Å². The molecule has 0 unspecified atom stereocenters. The molecule has 3 aromatic rings. The first-order chi connectivity index (χ1) is 16.1. The minimum Gasteiger partial charge on any atom is -0.319 e. The summed E-state index contributed by atoms with van der Waals surface area (Å²) in [6, 6.07) is 17.6. The maximum Gasteiger partial charge on any atom is 0.295 e. The normalized spacial score (nSPS) is 13.3. The van der Waals surface area contributed by atoms with Gasteiger partial charge < -0.3 is 5.32 Å². The van der Waals surface area contributed by atoms with Crippen molar-refractivity contribution in [1.82, 2.24) is 14.7 Å². The zero-order valence-corrected chi connectivity index (χ0v) is 21.4. The summed E-state index contributed by atoms with van der Waals surface area (Å²) in [6.07, 6.45) is 1.05. The van der Waals surface area contributed by atoms with E-state index in [9.17, 15) is 9.59 Å². The van der Waals surface area contributed by atoms with Crippen molar-refractivity contribution >= 4 is 11.6 Å². The molecule has 2 N–H and O–H groups in total. The Kier molecular flexibility index (Phi) is 8.15. The molecule has 1 heterocycles. The lowest BCUT2D eigenvalue weighted by atomic mass is 9.93. The van der Waals surface area contributed by atoms with E-state index in [4.69, 9.17) is 0 Å². The van der Waals surface area contributed by atoms with Crippen molar-refractivity contribution in [3.8, 4) is 5.69 Å². The first-order valence-corrected chi connectivity index (χ1v) is 12.1. The van der Waals surface area contributed by atoms with Crippen LogP contribution in [0.1, 0.15) is 57.5 Å². The lowest BCUT2D eigenvalue weighted by molar-refractivity contribution is -0.118. The average molecular weight is 463 g/mol. The number of amides is 1. The molecule has 0 aliphatic carbocycles. The van der Waals surface area contributed by atoms with Crippen LogP contribution in [-0.4, -0.2) is 21.3 Å². The molecular formula is C28H38N4O2. The number of para-hydroxylation sites is 1. The summed E-state index contributed by atoms with van der Waals surface area (Å²) in [5, 5.41) is 6.36. The Bertz CT molecular complexity index is 1160. The molecule has 1 aromatic heterocycles. The van der Waals surface area contributed by atoms with Crippen LogP contribution in [0, 0.1) is 18.8 Å². The Labute approximate surface area is 203 Å². The molecule has 3 rings (SSSR count). The molecule has 182 valence electrons. The van der Waals surface area contributed by atoms with Gasteiger partial charge in [-0.15, -0.1) is 0 Å². The lowest BCUT2D eigenvalue weighted by Crippen LogP contribution is -2.42. The van der Waals surface area contributed by atoms with E-state index in [2.05, 4.69) is 62.6 Å². The van der Waals surface area contributed by atoms with E-state index in [0.717, 1.165) is 17.7 Å². The fourth-order valence-corrected chi connectivity index (χ4v) is 4.29. The summed E-state index contributed by atoms with van der Waals surface area (Å²) >= 11 is 0. The minimum absolute atomic E-state index is 0.0201. The molecule has 0 aliphatic heterocycles. The number of nitrogens with one attached hydrogen (secondary N) is 2. The number of benzene rings is 2. The number of carbonyl (C=O) groups excluding carboxylic acids is 1. The standard InChI is InChI=1S/C28H38N4O2/c1-18(2)17-22-13-15-23(16-14-22)25(19(3)4)29-20(5)27(33)30-26-21(6)31(7)32(28(26)34)24-11-9-8-10-12-24/h8-16,18-20,25,29H,17H2,1-7H3,(H,30,33)/t20-,25+/m1/s1. The summed E-state index contributed by atoms with van der Waals surface area (Å²) in [5.74, 6) is 0.676. The van der Waals surface area contributed by atoms with E-state index < -0.39 is 6.04 Å². The number of rotatable bonds is 9. The Morgan fingerprint density at radius 1 is 0.941 bits per heavy atom. The minimum atomic E-state index is -0.480. The van der Waals surface area contributed by atoms with E-state index in [1.807, 2.05) is 51.2 Å². The Hall–Kier alpha value is -3.12. The van der Waals surface area contributed by atoms with Gasteiger partial charge in [0.25, 0.3) is 5.56 Å². The number of aromatic nitrogens is 2. The first kappa shape index (κ1) is 25.5. The molecule has 2 aromatic carbocycles. The molecule has 1 amide bonds. The van der Waals surface area contributed by atoms with Crippen LogP contribution in [-0.2, 0) is 18.3 Å². The highest BCUT2D eigenvalue weighted by Crippen LogP contribution is 2.24. The SMILES string of the molecule is Cc1c(NC(=O)[C@@H](C)N[C@H](c2ccc(CC(C)C)cc2)C(C)C)c(=O)n(-c2ccccc2)n1C. The molecule has 0 bridgehead atoms. The number of nitrogens with zero attached hydrogens (tertiary/aromatic N) is 2. The number of anilines is 1. The van der Waals surface area contributed by atoms with Gasteiger partial charge in [0.2, 0.25) is 5.91 Å². The van der Waals surface area contributed by atoms with Gasteiger partial charge in [-0.1, -0.05) is 70.2 Å². The van der Waals surface area contributed by atoms with Gasteiger partial charge in [0, 0.05) is 13.1 Å². The van der Waals surface area contributed by atoms with E-state index in [-0.39, 0.29) is 17.5 Å². The third-order valence-corrected chi connectivity index (χ3v) is 6.27. The van der Waals surface area contributed by atoms with Gasteiger partial charge in [-0.05, 0) is 55.4 Å². The highest BCUT2D eigenvalue weighted by Gasteiger charge is 2.24. The van der Waals surface area contributed by atoms with Gasteiger partial charge >= 0.3 is 0 Å². The third-order valence-electron chi connectivity index (χ3n) is 6.27. The molecule has 0 aliphatic rings. The third kappa shape index (κ3) is 5.68. The van der Waals surface area contributed by atoms with E-state index in [1.165, 1.54) is 5.56 Å². The largest absolute Gasteiger partial charge is 0.319 e. The molecule has 2 atom stereocenters. The second-order valence-electron chi connectivity index (χ2n) is 9.88. The Morgan fingerprint density at radius 2 is 1.56 bits per heavy atom. The molecule has 0 saturated heterocycles. The van der Waals surface area contributed by atoms with Crippen molar-refractivity contribution in [2.24, 2.45) is 18.9 Å². The van der Waals surface area contributed by atoms with Crippen molar-refractivity contribution in [3.05, 3.63) is 81.8 Å². The maximum absolute atomic E-state index is 13.1. The van der Waals surface area contributed by atoms with Crippen molar-refractivity contribution in [2.75, 3.05) is 5.32 Å². The summed E-state index contributed by atoms with van der Waals surface area (Å²) in [4.78, 5) is 26.2. The smallest absolute Gasteiger partial charge is 0.295 e. The lowest BCUT2D eigenvalue weighted by Gasteiger charge is -2.26. The van der Waals surface area contributed by atoms with Crippen LogP contribution >= 0.6 is 0 Å². The van der Waals surface area contributed by atoms with Gasteiger partial charge in [0.15, 0.2) is 0 Å². The second-order valence-corrected chi connectivity index (χ2v) is 9.88.